The van der Waals surface area contributed by atoms with Crippen LogP contribution in [-0.4, -0.2) is 16.1 Å². The number of thiazole rings is 1. The summed E-state index contributed by atoms with van der Waals surface area (Å²) < 4.78 is 13.6. The molecule has 2 rings (SSSR count). The summed E-state index contributed by atoms with van der Waals surface area (Å²) >= 11 is 1.32. The summed E-state index contributed by atoms with van der Waals surface area (Å²) in [5.74, 6) is -1.41. The van der Waals surface area contributed by atoms with E-state index in [0.717, 1.165) is 17.8 Å². The first-order valence-electron chi connectivity index (χ1n) is 6.02. The van der Waals surface area contributed by atoms with Gasteiger partial charge in [0.1, 0.15) is 5.82 Å². The molecule has 1 aromatic carbocycles. The Balaban J connectivity index is 2.53. The summed E-state index contributed by atoms with van der Waals surface area (Å²) in [7, 11) is 0. The van der Waals surface area contributed by atoms with Crippen LogP contribution in [0.15, 0.2) is 18.2 Å². The van der Waals surface area contributed by atoms with Gasteiger partial charge in [0, 0.05) is 0 Å². The van der Waals surface area contributed by atoms with E-state index >= 15 is 0 Å². The van der Waals surface area contributed by atoms with Crippen molar-refractivity contribution in [2.45, 2.75) is 26.7 Å². The fourth-order valence-corrected chi connectivity index (χ4v) is 2.91. The molecule has 0 aliphatic carbocycles. The van der Waals surface area contributed by atoms with E-state index in [2.05, 4.69) is 4.98 Å². The van der Waals surface area contributed by atoms with Crippen molar-refractivity contribution in [2.75, 3.05) is 0 Å². The first-order chi connectivity index (χ1) is 9.02. The number of aryl methyl sites for hydroxylation is 2. The molecule has 1 aromatic heterocycles. The number of carboxylic acids is 1. The van der Waals surface area contributed by atoms with Crippen LogP contribution >= 0.6 is 11.3 Å². The van der Waals surface area contributed by atoms with Crippen LogP contribution in [0.3, 0.4) is 0 Å². The van der Waals surface area contributed by atoms with E-state index in [9.17, 15) is 14.3 Å². The second-order valence-corrected chi connectivity index (χ2v) is 5.39. The molecule has 19 heavy (non-hydrogen) atoms. The third-order valence-electron chi connectivity index (χ3n) is 2.77. The van der Waals surface area contributed by atoms with Gasteiger partial charge in [-0.05, 0) is 37.0 Å². The Morgan fingerprint density at radius 3 is 2.79 bits per heavy atom. The number of benzene rings is 1. The normalized spacial score (nSPS) is 10.7. The summed E-state index contributed by atoms with van der Waals surface area (Å²) in [6.45, 7) is 3.68. The van der Waals surface area contributed by atoms with Gasteiger partial charge in [0.2, 0.25) is 0 Å². The van der Waals surface area contributed by atoms with E-state index in [-0.39, 0.29) is 11.5 Å². The van der Waals surface area contributed by atoms with Gasteiger partial charge in [-0.1, -0.05) is 19.1 Å². The zero-order chi connectivity index (χ0) is 14.0. The first kappa shape index (κ1) is 13.7. The molecule has 2 aromatic rings. The highest BCUT2D eigenvalue weighted by Gasteiger charge is 2.19. The molecule has 0 bridgehead atoms. The van der Waals surface area contributed by atoms with E-state index in [1.165, 1.54) is 17.4 Å². The smallest absolute Gasteiger partial charge is 0.356 e. The molecule has 3 nitrogen and oxygen atoms in total. The zero-order valence-electron chi connectivity index (χ0n) is 10.7. The number of rotatable bonds is 4. The van der Waals surface area contributed by atoms with Gasteiger partial charge < -0.3 is 5.11 Å². The fraction of sp³-hybridized carbons (Fsp3) is 0.286. The Morgan fingerprint density at radius 1 is 1.47 bits per heavy atom. The minimum absolute atomic E-state index is 0.0108. The molecule has 0 unspecified atom stereocenters. The highest BCUT2D eigenvalue weighted by atomic mass is 32.1. The molecule has 1 heterocycles. The average Bonchev–Trinajstić information content (AvgIpc) is 2.77. The molecule has 5 heteroatoms. The standard InChI is InChI=1S/C14H14FNO2S/c1-3-4-11-16-12(14(17)18)13(19-11)9-6-5-8(2)10(15)7-9/h5-7H,3-4H2,1-2H3,(H,17,18). The molecule has 1 N–H and O–H groups in total. The van der Waals surface area contributed by atoms with Crippen molar-refractivity contribution in [3.8, 4) is 10.4 Å². The summed E-state index contributed by atoms with van der Waals surface area (Å²) in [4.78, 5) is 15.9. The molecule has 0 saturated heterocycles. The van der Waals surface area contributed by atoms with Crippen LogP contribution < -0.4 is 0 Å². The van der Waals surface area contributed by atoms with Crippen LogP contribution in [-0.2, 0) is 6.42 Å². The van der Waals surface area contributed by atoms with Crippen molar-refractivity contribution >= 4 is 17.3 Å². The molecule has 0 fully saturated rings. The van der Waals surface area contributed by atoms with Gasteiger partial charge in [-0.15, -0.1) is 11.3 Å². The second kappa shape index (κ2) is 5.48. The van der Waals surface area contributed by atoms with Crippen LogP contribution in [0, 0.1) is 12.7 Å². The van der Waals surface area contributed by atoms with Crippen molar-refractivity contribution in [3.63, 3.8) is 0 Å². The molecule has 100 valence electrons. The third kappa shape index (κ3) is 2.81. The summed E-state index contributed by atoms with van der Waals surface area (Å²) in [5, 5.41) is 9.96. The maximum Gasteiger partial charge on any atom is 0.356 e. The van der Waals surface area contributed by atoms with Crippen LogP contribution in [0.1, 0.15) is 34.4 Å². The van der Waals surface area contributed by atoms with E-state index in [0.29, 0.717) is 16.0 Å². The molecular formula is C14H14FNO2S. The van der Waals surface area contributed by atoms with Crippen molar-refractivity contribution in [1.82, 2.24) is 4.98 Å². The predicted molar refractivity (Wildman–Crippen MR) is 73.2 cm³/mol. The van der Waals surface area contributed by atoms with Gasteiger partial charge in [-0.3, -0.25) is 0 Å². The van der Waals surface area contributed by atoms with Crippen molar-refractivity contribution in [2.24, 2.45) is 0 Å². The molecule has 0 saturated carbocycles. The number of hydrogen-bond acceptors (Lipinski definition) is 3. The molecule has 0 aliphatic heterocycles. The maximum atomic E-state index is 13.6. The van der Waals surface area contributed by atoms with Gasteiger partial charge in [0.05, 0.1) is 9.88 Å². The third-order valence-corrected chi connectivity index (χ3v) is 3.94. The monoisotopic (exact) mass is 279 g/mol. The van der Waals surface area contributed by atoms with Gasteiger partial charge in [0.25, 0.3) is 0 Å². The predicted octanol–water partition coefficient (Wildman–Crippen LogP) is 3.91. The molecule has 0 aliphatic rings. The molecular weight excluding hydrogens is 265 g/mol. The lowest BCUT2D eigenvalue weighted by Gasteiger charge is -2.01. The van der Waals surface area contributed by atoms with E-state index < -0.39 is 5.97 Å². The Bertz CT molecular complexity index is 622. The number of hydrogen-bond donors (Lipinski definition) is 1. The van der Waals surface area contributed by atoms with Gasteiger partial charge in [0.15, 0.2) is 5.69 Å². The number of aromatic carboxylic acids is 1. The van der Waals surface area contributed by atoms with Gasteiger partial charge in [-0.2, -0.15) is 0 Å². The van der Waals surface area contributed by atoms with Crippen LogP contribution in [0.2, 0.25) is 0 Å². The summed E-state index contributed by atoms with van der Waals surface area (Å²) in [5.41, 5.74) is 1.12. The van der Waals surface area contributed by atoms with Gasteiger partial charge in [-0.25, -0.2) is 14.2 Å². The van der Waals surface area contributed by atoms with Crippen LogP contribution in [0.4, 0.5) is 4.39 Å². The minimum atomic E-state index is -1.07. The highest BCUT2D eigenvalue weighted by molar-refractivity contribution is 7.15. The highest BCUT2D eigenvalue weighted by Crippen LogP contribution is 2.32. The van der Waals surface area contributed by atoms with E-state index in [1.54, 1.807) is 19.1 Å². The Hall–Kier alpha value is -1.75. The van der Waals surface area contributed by atoms with Crippen molar-refractivity contribution in [1.29, 1.82) is 0 Å². The topological polar surface area (TPSA) is 50.2 Å². The van der Waals surface area contributed by atoms with E-state index in [1.807, 2.05) is 6.92 Å². The molecule has 0 spiro atoms. The summed E-state index contributed by atoms with van der Waals surface area (Å²) in [6.07, 6.45) is 1.63. The quantitative estimate of drug-likeness (QED) is 0.923. The lowest BCUT2D eigenvalue weighted by Crippen LogP contribution is -1.99. The Morgan fingerprint density at radius 2 is 2.21 bits per heavy atom. The first-order valence-corrected chi connectivity index (χ1v) is 6.84. The molecule has 0 radical (unpaired) electrons. The number of carboxylic acid groups (broad SMARTS) is 1. The van der Waals surface area contributed by atoms with Gasteiger partial charge >= 0.3 is 5.97 Å². The fourth-order valence-electron chi connectivity index (χ4n) is 1.76. The SMILES string of the molecule is CCCc1nc(C(=O)O)c(-c2ccc(C)c(F)c2)s1. The molecule has 0 amide bonds. The Labute approximate surface area is 114 Å². The van der Waals surface area contributed by atoms with Crippen molar-refractivity contribution < 1.29 is 14.3 Å². The maximum absolute atomic E-state index is 13.6. The number of carbonyl (C=O) groups is 1. The van der Waals surface area contributed by atoms with E-state index in [4.69, 9.17) is 0 Å². The van der Waals surface area contributed by atoms with Crippen LogP contribution in [0.25, 0.3) is 10.4 Å². The largest absolute Gasteiger partial charge is 0.476 e. The Kier molecular flexibility index (Phi) is 3.95. The van der Waals surface area contributed by atoms with Crippen molar-refractivity contribution in [3.05, 3.63) is 40.3 Å². The second-order valence-electron chi connectivity index (χ2n) is 4.30. The zero-order valence-corrected chi connectivity index (χ0v) is 11.6. The average molecular weight is 279 g/mol. The van der Waals surface area contributed by atoms with Crippen LogP contribution in [0.5, 0.6) is 0 Å². The number of nitrogens with zero attached hydrogens (tertiary/aromatic N) is 1. The summed E-state index contributed by atoms with van der Waals surface area (Å²) in [6, 6.07) is 4.74. The lowest BCUT2D eigenvalue weighted by atomic mass is 10.1. The lowest BCUT2D eigenvalue weighted by molar-refractivity contribution is 0.0692. The number of halogens is 1. The minimum Gasteiger partial charge on any atom is -0.476 e. The molecule has 0 atom stereocenters. The number of aromatic nitrogens is 1.